The lowest BCUT2D eigenvalue weighted by Gasteiger charge is -1.93. The smallest absolute Gasteiger partial charge is 0.170 e. The van der Waals surface area contributed by atoms with E-state index in [0.29, 0.717) is 6.29 Å². The quantitative estimate of drug-likeness (QED) is 0.456. The van der Waals surface area contributed by atoms with Gasteiger partial charge in [-0.25, -0.2) is 0 Å². The molecule has 0 radical (unpaired) electrons. The van der Waals surface area contributed by atoms with E-state index >= 15 is 0 Å². The Balaban J connectivity index is 2.62. The van der Waals surface area contributed by atoms with Gasteiger partial charge in [-0.1, -0.05) is 13.3 Å². The Morgan fingerprint density at radius 3 is 2.88 bits per heavy atom. The molecule has 0 unspecified atom stereocenters. The van der Waals surface area contributed by atoms with Gasteiger partial charge in [0, 0.05) is 0 Å². The maximum Gasteiger partial charge on any atom is 0.170 e. The van der Waals surface area contributed by atoms with E-state index in [1.54, 1.807) is 0 Å². The third kappa shape index (κ3) is 6.06. The summed E-state index contributed by atoms with van der Waals surface area (Å²) in [5.41, 5.74) is 0. The fourth-order valence-corrected chi connectivity index (χ4v) is 0.676. The summed E-state index contributed by atoms with van der Waals surface area (Å²) in [6.07, 6.45) is 2.97. The molecule has 0 aliphatic heterocycles. The topological polar surface area (TPSA) is 29.1 Å². The summed E-state index contributed by atoms with van der Waals surface area (Å²) in [5, 5.41) is 3.01. The Labute approximate surface area is 51.9 Å². The molecular formula is C5H12NOP. The average molecular weight is 133 g/mol. The molecular weight excluding hydrogens is 121 g/mol. The summed E-state index contributed by atoms with van der Waals surface area (Å²) in [6, 6.07) is 0. The van der Waals surface area contributed by atoms with Gasteiger partial charge >= 0.3 is 0 Å². The molecule has 0 saturated heterocycles. The SMILES string of the molecule is CCCCNCP=O. The van der Waals surface area contributed by atoms with Crippen molar-refractivity contribution >= 4 is 8.46 Å². The second-order valence-corrected chi connectivity index (χ2v) is 2.22. The number of rotatable bonds is 5. The maximum atomic E-state index is 9.80. The van der Waals surface area contributed by atoms with Crippen molar-refractivity contribution in [1.82, 2.24) is 5.32 Å². The molecule has 3 heteroatoms. The third-order valence-electron chi connectivity index (χ3n) is 0.883. The maximum absolute atomic E-state index is 9.80. The molecule has 0 atom stereocenters. The van der Waals surface area contributed by atoms with Gasteiger partial charge in [-0.3, -0.25) is 4.57 Å². The Morgan fingerprint density at radius 1 is 1.62 bits per heavy atom. The molecule has 0 aliphatic carbocycles. The highest BCUT2D eigenvalue weighted by atomic mass is 31.1. The lowest BCUT2D eigenvalue weighted by Crippen LogP contribution is -2.11. The molecule has 0 aromatic heterocycles. The predicted octanol–water partition coefficient (Wildman–Crippen LogP) is 1.63. The largest absolute Gasteiger partial charge is 0.307 e. The fraction of sp³-hybridized carbons (Fsp3) is 1.00. The van der Waals surface area contributed by atoms with Crippen molar-refractivity contribution in [3.8, 4) is 0 Å². The zero-order chi connectivity index (χ0) is 6.24. The van der Waals surface area contributed by atoms with Gasteiger partial charge in [0.05, 0.1) is 6.29 Å². The van der Waals surface area contributed by atoms with Gasteiger partial charge in [-0.15, -0.1) is 0 Å². The molecule has 0 aromatic rings. The first kappa shape index (κ1) is 8.06. The minimum atomic E-state index is 0.199. The van der Waals surface area contributed by atoms with Crippen molar-refractivity contribution in [2.24, 2.45) is 0 Å². The lowest BCUT2D eigenvalue weighted by atomic mass is 10.3. The van der Waals surface area contributed by atoms with E-state index in [0.717, 1.165) is 6.54 Å². The van der Waals surface area contributed by atoms with Crippen LogP contribution in [0.1, 0.15) is 19.8 Å². The lowest BCUT2D eigenvalue weighted by molar-refractivity contribution is 0.592. The van der Waals surface area contributed by atoms with E-state index in [2.05, 4.69) is 12.2 Å². The minimum Gasteiger partial charge on any atom is -0.307 e. The Kier molecular flexibility index (Phi) is 7.11. The normalized spacial score (nSPS) is 10.1. The van der Waals surface area contributed by atoms with Crippen molar-refractivity contribution in [2.45, 2.75) is 19.8 Å². The van der Waals surface area contributed by atoms with Crippen molar-refractivity contribution in [3.63, 3.8) is 0 Å². The number of unbranched alkanes of at least 4 members (excludes halogenated alkanes) is 1. The van der Waals surface area contributed by atoms with Gasteiger partial charge in [-0.2, -0.15) is 0 Å². The van der Waals surface area contributed by atoms with E-state index in [1.165, 1.54) is 12.8 Å². The molecule has 0 aromatic carbocycles. The van der Waals surface area contributed by atoms with Crippen LogP contribution in [0, 0.1) is 0 Å². The van der Waals surface area contributed by atoms with Crippen LogP contribution in [-0.2, 0) is 4.57 Å². The Morgan fingerprint density at radius 2 is 2.38 bits per heavy atom. The fourth-order valence-electron chi connectivity index (χ4n) is 0.426. The van der Waals surface area contributed by atoms with E-state index in [9.17, 15) is 4.57 Å². The summed E-state index contributed by atoms with van der Waals surface area (Å²) < 4.78 is 9.80. The molecule has 0 aliphatic rings. The van der Waals surface area contributed by atoms with Crippen molar-refractivity contribution in [3.05, 3.63) is 0 Å². The first-order valence-corrected chi connectivity index (χ1v) is 3.91. The van der Waals surface area contributed by atoms with Crippen LogP contribution in [-0.4, -0.2) is 12.8 Å². The predicted molar refractivity (Wildman–Crippen MR) is 35.4 cm³/mol. The van der Waals surface area contributed by atoms with Gasteiger partial charge in [-0.05, 0) is 13.0 Å². The molecule has 0 heterocycles. The zero-order valence-corrected chi connectivity index (χ0v) is 6.08. The number of hydrogen-bond donors (Lipinski definition) is 1. The third-order valence-corrected chi connectivity index (χ3v) is 1.24. The van der Waals surface area contributed by atoms with Crippen LogP contribution in [0.5, 0.6) is 0 Å². The highest BCUT2D eigenvalue weighted by molar-refractivity contribution is 7.23. The van der Waals surface area contributed by atoms with Gasteiger partial charge in [0.2, 0.25) is 0 Å². The highest BCUT2D eigenvalue weighted by Gasteiger charge is 1.81. The molecule has 0 saturated carbocycles. The minimum absolute atomic E-state index is 0.199. The van der Waals surface area contributed by atoms with Crippen LogP contribution in [0.2, 0.25) is 0 Å². The summed E-state index contributed by atoms with van der Waals surface area (Å²) in [7, 11) is 0.199. The van der Waals surface area contributed by atoms with Gasteiger partial charge in [0.25, 0.3) is 0 Å². The van der Waals surface area contributed by atoms with Gasteiger partial charge < -0.3 is 5.32 Å². The first-order chi connectivity index (χ1) is 3.91. The average Bonchev–Trinajstić information content (AvgIpc) is 1.81. The molecule has 0 fully saturated rings. The highest BCUT2D eigenvalue weighted by Crippen LogP contribution is 1.86. The van der Waals surface area contributed by atoms with Crippen molar-refractivity contribution < 1.29 is 4.57 Å². The summed E-state index contributed by atoms with van der Waals surface area (Å²) in [4.78, 5) is 0. The summed E-state index contributed by atoms with van der Waals surface area (Å²) in [5.74, 6) is 0. The standard InChI is InChI=1S/C5H12NOP/c1-2-3-4-6-5-8-7/h6H,2-5H2,1H3. The summed E-state index contributed by atoms with van der Waals surface area (Å²) >= 11 is 0. The van der Waals surface area contributed by atoms with Gasteiger partial charge in [0.15, 0.2) is 8.46 Å². The second kappa shape index (κ2) is 7.06. The summed E-state index contributed by atoms with van der Waals surface area (Å²) in [6.45, 7) is 3.13. The van der Waals surface area contributed by atoms with Crippen LogP contribution in [0.3, 0.4) is 0 Å². The molecule has 2 nitrogen and oxygen atoms in total. The Hall–Kier alpha value is 0.0600. The van der Waals surface area contributed by atoms with E-state index in [4.69, 9.17) is 0 Å². The first-order valence-electron chi connectivity index (χ1n) is 2.91. The van der Waals surface area contributed by atoms with Crippen LogP contribution in [0.4, 0.5) is 0 Å². The monoisotopic (exact) mass is 133 g/mol. The number of hydrogen-bond acceptors (Lipinski definition) is 2. The molecule has 1 N–H and O–H groups in total. The van der Waals surface area contributed by atoms with Crippen LogP contribution < -0.4 is 5.32 Å². The Bertz CT molecular complexity index is 58.4. The molecule has 0 bridgehead atoms. The van der Waals surface area contributed by atoms with Gasteiger partial charge in [0.1, 0.15) is 0 Å². The van der Waals surface area contributed by atoms with E-state index in [-0.39, 0.29) is 8.46 Å². The van der Waals surface area contributed by atoms with Crippen molar-refractivity contribution in [2.75, 3.05) is 12.8 Å². The number of nitrogens with one attached hydrogen (secondary N) is 1. The van der Waals surface area contributed by atoms with Crippen LogP contribution in [0.25, 0.3) is 0 Å². The molecule has 0 spiro atoms. The second-order valence-electron chi connectivity index (χ2n) is 1.64. The van der Waals surface area contributed by atoms with Crippen LogP contribution >= 0.6 is 8.46 Å². The van der Waals surface area contributed by atoms with E-state index in [1.807, 2.05) is 0 Å². The zero-order valence-electron chi connectivity index (χ0n) is 5.18. The van der Waals surface area contributed by atoms with Crippen LogP contribution in [0.15, 0.2) is 0 Å². The van der Waals surface area contributed by atoms with E-state index < -0.39 is 0 Å². The molecule has 0 rings (SSSR count). The van der Waals surface area contributed by atoms with Crippen molar-refractivity contribution in [1.29, 1.82) is 0 Å². The molecule has 8 heavy (non-hydrogen) atoms. The molecule has 0 amide bonds. The molecule has 48 valence electrons.